The van der Waals surface area contributed by atoms with Crippen LogP contribution in [-0.4, -0.2) is 76.4 Å². The molecule has 13 heteroatoms. The van der Waals surface area contributed by atoms with Gasteiger partial charge in [-0.1, -0.05) is 22.9 Å². The van der Waals surface area contributed by atoms with Crippen molar-refractivity contribution < 1.29 is 17.9 Å². The molecular weight excluding hydrogens is 587 g/mol. The molecule has 9 rings (SSSR count). The second-order valence-corrected chi connectivity index (χ2v) is 13.4. The second-order valence-electron chi connectivity index (χ2n) is 12.0. The SMILES string of the molecule is Nc1nc2c(-c3c(Cl)cc4c(N5C[C@@H]6CCC5CN6)nc(OC[C@@]56CCCN5C[C@H](F)C6)nc4c3F)ccc(F)c2s1. The number of nitrogen functional groups attached to an aromatic ring is 1. The van der Waals surface area contributed by atoms with E-state index in [1.165, 1.54) is 12.1 Å². The number of halogens is 4. The summed E-state index contributed by atoms with van der Waals surface area (Å²) in [5.74, 6) is -0.593. The molecule has 2 bridgehead atoms. The predicted molar refractivity (Wildman–Crippen MR) is 158 cm³/mol. The zero-order chi connectivity index (χ0) is 28.7. The van der Waals surface area contributed by atoms with Gasteiger partial charge in [0, 0.05) is 54.7 Å². The van der Waals surface area contributed by atoms with Gasteiger partial charge in [-0.05, 0) is 50.4 Å². The van der Waals surface area contributed by atoms with Crippen LogP contribution in [0.2, 0.25) is 5.02 Å². The summed E-state index contributed by atoms with van der Waals surface area (Å²) < 4.78 is 52.2. The van der Waals surface area contributed by atoms with Crippen molar-refractivity contribution in [3.63, 3.8) is 0 Å². The van der Waals surface area contributed by atoms with Gasteiger partial charge >= 0.3 is 6.01 Å². The number of piperidine rings is 2. The van der Waals surface area contributed by atoms with E-state index in [2.05, 4.69) is 25.1 Å². The summed E-state index contributed by atoms with van der Waals surface area (Å²) in [4.78, 5) is 18.0. The molecule has 0 aliphatic carbocycles. The van der Waals surface area contributed by atoms with Crippen molar-refractivity contribution in [3.05, 3.63) is 34.9 Å². The third kappa shape index (κ3) is 4.13. The molecule has 4 aromatic rings. The zero-order valence-corrected chi connectivity index (χ0v) is 24.2. The molecular formula is C29H29ClF3N7OS. The van der Waals surface area contributed by atoms with Crippen LogP contribution in [0.25, 0.3) is 32.2 Å². The smallest absolute Gasteiger partial charge is 0.319 e. The van der Waals surface area contributed by atoms with E-state index in [1.54, 1.807) is 6.07 Å². The van der Waals surface area contributed by atoms with Crippen LogP contribution in [0.3, 0.4) is 0 Å². The molecule has 0 spiro atoms. The van der Waals surface area contributed by atoms with Crippen molar-refractivity contribution in [3.8, 4) is 17.1 Å². The summed E-state index contributed by atoms with van der Waals surface area (Å²) in [6.07, 6.45) is 3.37. The Labute approximate surface area is 249 Å². The summed E-state index contributed by atoms with van der Waals surface area (Å²) in [6, 6.07) is 4.93. The summed E-state index contributed by atoms with van der Waals surface area (Å²) >= 11 is 7.79. The molecule has 8 nitrogen and oxygen atoms in total. The van der Waals surface area contributed by atoms with E-state index in [0.29, 0.717) is 35.8 Å². The summed E-state index contributed by atoms with van der Waals surface area (Å²) in [5.41, 5.74) is 6.18. The molecule has 0 saturated carbocycles. The van der Waals surface area contributed by atoms with E-state index in [9.17, 15) is 8.78 Å². The van der Waals surface area contributed by atoms with Crippen LogP contribution in [-0.2, 0) is 0 Å². The second kappa shape index (κ2) is 9.80. The first kappa shape index (κ1) is 26.7. The van der Waals surface area contributed by atoms with Gasteiger partial charge in [0.05, 0.1) is 20.8 Å². The Bertz CT molecular complexity index is 1730. The van der Waals surface area contributed by atoms with Gasteiger partial charge < -0.3 is 20.7 Å². The first-order chi connectivity index (χ1) is 20.3. The third-order valence-electron chi connectivity index (χ3n) is 9.47. The molecule has 7 heterocycles. The monoisotopic (exact) mass is 615 g/mol. The van der Waals surface area contributed by atoms with Gasteiger partial charge in [-0.2, -0.15) is 9.97 Å². The first-order valence-electron chi connectivity index (χ1n) is 14.4. The van der Waals surface area contributed by atoms with Crippen LogP contribution in [0, 0.1) is 11.6 Å². The fourth-order valence-electron chi connectivity index (χ4n) is 7.50. The third-order valence-corrected chi connectivity index (χ3v) is 10.7. The number of anilines is 2. The molecule has 2 aromatic heterocycles. The summed E-state index contributed by atoms with van der Waals surface area (Å²) in [7, 11) is 0. The largest absolute Gasteiger partial charge is 0.461 e. The van der Waals surface area contributed by atoms with Crippen LogP contribution in [0.5, 0.6) is 6.01 Å². The average Bonchev–Trinajstić information content (AvgIpc) is 3.65. The standard InChI is InChI=1S/C29H29ClF3N7OS/c30-19-8-18-23(22(33)21(19)17-4-5-20(32)25-24(17)36-27(34)42-25)37-28(38-26(18)40-12-15-2-3-16(40)10-35-15)41-13-29-6-1-7-39(29)11-14(31)9-29/h4-5,8,14-16,35H,1-3,6-7,9-13H2,(H2,34,36)/t14-,15+,16?,29+/m1/s1. The molecule has 5 aliphatic heterocycles. The normalized spacial score (nSPS) is 27.4. The molecule has 2 aromatic carbocycles. The topological polar surface area (TPSA) is 92.4 Å². The van der Waals surface area contributed by atoms with E-state index in [1.807, 2.05) is 0 Å². The maximum atomic E-state index is 16.7. The Hall–Kier alpha value is -2.93. The summed E-state index contributed by atoms with van der Waals surface area (Å²) in [6.45, 7) is 2.98. The number of benzene rings is 2. The Morgan fingerprint density at radius 2 is 2.05 bits per heavy atom. The molecule has 42 heavy (non-hydrogen) atoms. The minimum absolute atomic E-state index is 0.0461. The number of thiazole rings is 1. The van der Waals surface area contributed by atoms with E-state index >= 15 is 4.39 Å². The number of rotatable bonds is 5. The highest BCUT2D eigenvalue weighted by molar-refractivity contribution is 7.22. The molecule has 5 aliphatic rings. The van der Waals surface area contributed by atoms with E-state index in [-0.39, 0.29) is 50.1 Å². The maximum Gasteiger partial charge on any atom is 0.319 e. The minimum Gasteiger partial charge on any atom is -0.461 e. The molecule has 220 valence electrons. The van der Waals surface area contributed by atoms with Crippen LogP contribution >= 0.6 is 22.9 Å². The van der Waals surface area contributed by atoms with Gasteiger partial charge in [0.15, 0.2) is 10.9 Å². The fourth-order valence-corrected chi connectivity index (χ4v) is 8.56. The van der Waals surface area contributed by atoms with E-state index < -0.39 is 23.3 Å². The number of fused-ring (bicyclic) bond motifs is 6. The molecule has 4 atom stereocenters. The predicted octanol–water partition coefficient (Wildman–Crippen LogP) is 5.32. The van der Waals surface area contributed by atoms with E-state index in [4.69, 9.17) is 27.1 Å². The van der Waals surface area contributed by atoms with Crippen LogP contribution in [0.15, 0.2) is 18.2 Å². The lowest BCUT2D eigenvalue weighted by Crippen LogP contribution is -2.61. The number of hydrogen-bond donors (Lipinski definition) is 2. The quantitative estimate of drug-likeness (QED) is 0.312. The lowest BCUT2D eigenvalue weighted by molar-refractivity contribution is 0.107. The molecule has 0 radical (unpaired) electrons. The highest BCUT2D eigenvalue weighted by Gasteiger charge is 2.49. The van der Waals surface area contributed by atoms with Crippen molar-refractivity contribution in [1.29, 1.82) is 0 Å². The van der Waals surface area contributed by atoms with Crippen LogP contribution < -0.4 is 20.7 Å². The highest BCUT2D eigenvalue weighted by atomic mass is 35.5. The van der Waals surface area contributed by atoms with Crippen molar-refractivity contribution in [2.45, 2.75) is 55.9 Å². The number of nitrogens with zero attached hydrogens (tertiary/aromatic N) is 5. The van der Waals surface area contributed by atoms with E-state index in [0.717, 1.165) is 56.7 Å². The highest BCUT2D eigenvalue weighted by Crippen LogP contribution is 2.44. The first-order valence-corrected chi connectivity index (χ1v) is 15.6. The number of alkyl halides is 1. The van der Waals surface area contributed by atoms with Gasteiger partial charge in [-0.15, -0.1) is 0 Å². The van der Waals surface area contributed by atoms with Crippen LogP contribution in [0.4, 0.5) is 24.1 Å². The number of nitrogens with one attached hydrogen (secondary N) is 1. The molecule has 1 unspecified atom stereocenters. The van der Waals surface area contributed by atoms with Gasteiger partial charge in [-0.3, -0.25) is 4.90 Å². The van der Waals surface area contributed by atoms with Crippen molar-refractivity contribution in [1.82, 2.24) is 25.2 Å². The number of ether oxygens (including phenoxy) is 1. The molecule has 5 saturated heterocycles. The Morgan fingerprint density at radius 3 is 2.83 bits per heavy atom. The van der Waals surface area contributed by atoms with Gasteiger partial charge in [0.2, 0.25) is 0 Å². The molecule has 0 amide bonds. The van der Waals surface area contributed by atoms with Gasteiger partial charge in [-0.25, -0.2) is 18.2 Å². The van der Waals surface area contributed by atoms with Crippen molar-refractivity contribution >= 4 is 55.0 Å². The maximum absolute atomic E-state index is 16.7. The van der Waals surface area contributed by atoms with Gasteiger partial charge in [0.25, 0.3) is 0 Å². The number of hydrogen-bond acceptors (Lipinski definition) is 9. The van der Waals surface area contributed by atoms with Gasteiger partial charge in [0.1, 0.15) is 29.9 Å². The zero-order valence-electron chi connectivity index (χ0n) is 22.7. The number of nitrogens with two attached hydrogens (primary N) is 1. The number of piperazine rings is 1. The molecule has 3 N–H and O–H groups in total. The van der Waals surface area contributed by atoms with Crippen molar-refractivity contribution in [2.75, 3.05) is 43.4 Å². The Balaban J connectivity index is 1.28. The fraction of sp³-hybridized carbons (Fsp3) is 0.483. The average molecular weight is 616 g/mol. The summed E-state index contributed by atoms with van der Waals surface area (Å²) in [5, 5.41) is 4.33. The minimum atomic E-state index is -0.896. The van der Waals surface area contributed by atoms with Crippen molar-refractivity contribution in [2.24, 2.45) is 0 Å². The molecule has 5 fully saturated rings. The Morgan fingerprint density at radius 1 is 1.17 bits per heavy atom. The lowest BCUT2D eigenvalue weighted by atomic mass is 9.92. The van der Waals surface area contributed by atoms with Crippen LogP contribution in [0.1, 0.15) is 32.1 Å². The Kier molecular flexibility index (Phi) is 6.22. The lowest BCUT2D eigenvalue weighted by Gasteiger charge is -2.46. The number of aromatic nitrogens is 3.